The van der Waals surface area contributed by atoms with Gasteiger partial charge < -0.3 is 28.4 Å². The third-order valence-corrected chi connectivity index (χ3v) is 2.72. The number of carbonyl (C=O) groups is 1. The lowest BCUT2D eigenvalue weighted by atomic mass is 10.6. The molecule has 11 heteroatoms. The molecule has 11 nitrogen and oxygen atoms in total. The summed E-state index contributed by atoms with van der Waals surface area (Å²) in [7, 11) is 0. The molecule has 0 unspecified atom stereocenters. The van der Waals surface area contributed by atoms with Gasteiger partial charge in [0.05, 0.1) is 39.6 Å². The maximum atomic E-state index is 11.2. The van der Waals surface area contributed by atoms with Crippen LogP contribution >= 0.6 is 0 Å². The zero-order valence-corrected chi connectivity index (χ0v) is 13.6. The van der Waals surface area contributed by atoms with Crippen molar-refractivity contribution in [1.82, 2.24) is 0 Å². The summed E-state index contributed by atoms with van der Waals surface area (Å²) in [4.78, 5) is 29.4. The Morgan fingerprint density at radius 3 is 1.42 bits per heavy atom. The van der Waals surface area contributed by atoms with Crippen LogP contribution in [0.5, 0.6) is 0 Å². The second-order valence-corrected chi connectivity index (χ2v) is 4.93. The molecule has 0 aromatic carbocycles. The molecule has 2 aliphatic rings. The Hall–Kier alpha value is -1.05. The molecule has 0 spiro atoms. The Morgan fingerprint density at radius 2 is 1.04 bits per heavy atom. The van der Waals surface area contributed by atoms with Gasteiger partial charge in [0.25, 0.3) is 0 Å². The second kappa shape index (κ2) is 9.44. The maximum absolute atomic E-state index is 11.2. The minimum Gasteiger partial charge on any atom is -0.432 e. The maximum Gasteiger partial charge on any atom is 0.508 e. The molecular formula is C13H22O11. The van der Waals surface area contributed by atoms with Crippen LogP contribution < -0.4 is 0 Å². The van der Waals surface area contributed by atoms with Crippen LogP contribution in [0.25, 0.3) is 0 Å². The first-order chi connectivity index (χ1) is 11.5. The third-order valence-electron chi connectivity index (χ3n) is 2.72. The van der Waals surface area contributed by atoms with Crippen LogP contribution in [0, 0.1) is 0 Å². The van der Waals surface area contributed by atoms with Gasteiger partial charge in [0, 0.05) is 13.8 Å². The molecule has 0 saturated carbocycles. The van der Waals surface area contributed by atoms with Crippen LogP contribution in [-0.4, -0.2) is 71.0 Å². The van der Waals surface area contributed by atoms with E-state index in [0.717, 1.165) is 0 Å². The summed E-state index contributed by atoms with van der Waals surface area (Å²) >= 11 is 0. The molecule has 140 valence electrons. The van der Waals surface area contributed by atoms with Gasteiger partial charge in [0.2, 0.25) is 0 Å². The number of carbonyl (C=O) groups excluding carboxylic acids is 1. The Bertz CT molecular complexity index is 346. The molecule has 2 saturated heterocycles. The summed E-state index contributed by atoms with van der Waals surface area (Å²) < 4.78 is 30.2. The smallest absolute Gasteiger partial charge is 0.432 e. The molecule has 0 aromatic rings. The highest BCUT2D eigenvalue weighted by Crippen LogP contribution is 2.29. The van der Waals surface area contributed by atoms with E-state index in [4.69, 9.17) is 28.4 Å². The van der Waals surface area contributed by atoms with Gasteiger partial charge in [-0.2, -0.15) is 19.6 Å². The SMILES string of the molecule is CC1(OCCOCCOC(=O)OCCOCCOC2(C)OO2)OO1. The van der Waals surface area contributed by atoms with Crippen LogP contribution in [0.3, 0.4) is 0 Å². The van der Waals surface area contributed by atoms with E-state index in [1.54, 1.807) is 13.8 Å². The second-order valence-electron chi connectivity index (χ2n) is 4.93. The standard InChI is InChI=1S/C13H22O11/c1-12(21-22-12)19-9-5-15-3-7-17-11(14)18-8-4-16-6-10-20-13(2)23-24-13/h3-10H2,1-2H3. The normalized spacial score (nSPS) is 19.8. The molecular weight excluding hydrogens is 332 g/mol. The number of hydrogen-bond acceptors (Lipinski definition) is 11. The lowest BCUT2D eigenvalue weighted by Crippen LogP contribution is -2.18. The van der Waals surface area contributed by atoms with Gasteiger partial charge in [0.15, 0.2) is 0 Å². The quantitative estimate of drug-likeness (QED) is 0.187. The Labute approximate surface area is 138 Å². The monoisotopic (exact) mass is 354 g/mol. The fourth-order valence-electron chi connectivity index (χ4n) is 1.40. The zero-order valence-electron chi connectivity index (χ0n) is 13.6. The van der Waals surface area contributed by atoms with E-state index >= 15 is 0 Å². The van der Waals surface area contributed by atoms with Crippen molar-refractivity contribution in [2.75, 3.05) is 52.9 Å². The topological polar surface area (TPSA) is 123 Å². The van der Waals surface area contributed by atoms with E-state index in [1.165, 1.54) is 0 Å². The fourth-order valence-corrected chi connectivity index (χ4v) is 1.40. The van der Waals surface area contributed by atoms with Crippen LogP contribution in [0.15, 0.2) is 0 Å². The molecule has 0 radical (unpaired) electrons. The molecule has 2 heterocycles. The summed E-state index contributed by atoms with van der Waals surface area (Å²) in [5, 5.41) is 0. The summed E-state index contributed by atoms with van der Waals surface area (Å²) in [5.74, 6) is -1.87. The van der Waals surface area contributed by atoms with E-state index in [-0.39, 0.29) is 26.4 Å². The summed E-state index contributed by atoms with van der Waals surface area (Å²) in [6.45, 7) is 5.16. The van der Waals surface area contributed by atoms with Crippen LogP contribution in [-0.2, 0) is 48.0 Å². The molecule has 0 bridgehead atoms. The summed E-state index contributed by atoms with van der Waals surface area (Å²) in [5.41, 5.74) is 0. The van der Waals surface area contributed by atoms with Crippen molar-refractivity contribution in [1.29, 1.82) is 0 Å². The average molecular weight is 354 g/mol. The minimum absolute atomic E-state index is 0.0797. The molecule has 24 heavy (non-hydrogen) atoms. The minimum atomic E-state index is -0.935. The predicted molar refractivity (Wildman–Crippen MR) is 72.0 cm³/mol. The molecule has 0 N–H and O–H groups in total. The molecule has 0 atom stereocenters. The van der Waals surface area contributed by atoms with Crippen LogP contribution in [0.4, 0.5) is 4.79 Å². The highest BCUT2D eigenvalue weighted by Gasteiger charge is 2.45. The Kier molecular flexibility index (Phi) is 7.58. The van der Waals surface area contributed by atoms with E-state index in [0.29, 0.717) is 26.4 Å². The van der Waals surface area contributed by atoms with Gasteiger partial charge in [-0.1, -0.05) is 0 Å². The average Bonchev–Trinajstić information content (AvgIpc) is 3.46. The van der Waals surface area contributed by atoms with Gasteiger partial charge in [-0.3, -0.25) is 0 Å². The van der Waals surface area contributed by atoms with E-state index in [1.807, 2.05) is 0 Å². The fraction of sp³-hybridized carbons (Fsp3) is 0.923. The largest absolute Gasteiger partial charge is 0.508 e. The van der Waals surface area contributed by atoms with Crippen LogP contribution in [0.1, 0.15) is 13.8 Å². The number of hydrogen-bond donors (Lipinski definition) is 0. The molecule has 0 amide bonds. The van der Waals surface area contributed by atoms with Gasteiger partial charge >= 0.3 is 18.1 Å². The molecule has 0 aliphatic carbocycles. The molecule has 2 rings (SSSR count). The van der Waals surface area contributed by atoms with Crippen molar-refractivity contribution in [3.05, 3.63) is 0 Å². The molecule has 2 aliphatic heterocycles. The number of ether oxygens (including phenoxy) is 6. The Balaban J connectivity index is 1.27. The van der Waals surface area contributed by atoms with Crippen molar-refractivity contribution >= 4 is 6.16 Å². The lowest BCUT2D eigenvalue weighted by Gasteiger charge is -2.08. The first-order valence-electron chi connectivity index (χ1n) is 7.48. The zero-order chi connectivity index (χ0) is 17.3. The lowest BCUT2D eigenvalue weighted by molar-refractivity contribution is -0.0694. The Morgan fingerprint density at radius 1 is 0.667 bits per heavy atom. The van der Waals surface area contributed by atoms with Gasteiger partial charge in [0.1, 0.15) is 13.2 Å². The van der Waals surface area contributed by atoms with Gasteiger partial charge in [-0.25, -0.2) is 4.79 Å². The first kappa shape index (κ1) is 19.3. The highest BCUT2D eigenvalue weighted by molar-refractivity contribution is 5.59. The van der Waals surface area contributed by atoms with Gasteiger partial charge in [-0.05, 0) is 0 Å². The summed E-state index contributed by atoms with van der Waals surface area (Å²) in [6, 6.07) is 0. The van der Waals surface area contributed by atoms with Crippen molar-refractivity contribution < 1.29 is 52.8 Å². The van der Waals surface area contributed by atoms with Crippen molar-refractivity contribution in [2.24, 2.45) is 0 Å². The highest BCUT2D eigenvalue weighted by atomic mass is 17.5. The van der Waals surface area contributed by atoms with Gasteiger partial charge in [-0.15, -0.1) is 0 Å². The third kappa shape index (κ3) is 8.70. The van der Waals surface area contributed by atoms with Crippen molar-refractivity contribution in [3.63, 3.8) is 0 Å². The van der Waals surface area contributed by atoms with Crippen molar-refractivity contribution in [2.45, 2.75) is 25.8 Å². The summed E-state index contributed by atoms with van der Waals surface area (Å²) in [6.07, 6.45) is -0.783. The molecule has 2 fully saturated rings. The molecule has 0 aromatic heterocycles. The van der Waals surface area contributed by atoms with Crippen LogP contribution in [0.2, 0.25) is 0 Å². The predicted octanol–water partition coefficient (Wildman–Crippen LogP) is 0.477. The van der Waals surface area contributed by atoms with E-state index < -0.39 is 18.1 Å². The van der Waals surface area contributed by atoms with E-state index in [2.05, 4.69) is 19.6 Å². The number of rotatable bonds is 14. The first-order valence-corrected chi connectivity index (χ1v) is 7.48. The van der Waals surface area contributed by atoms with Crippen molar-refractivity contribution in [3.8, 4) is 0 Å². The van der Waals surface area contributed by atoms with E-state index in [9.17, 15) is 4.79 Å².